The van der Waals surface area contributed by atoms with Crippen LogP contribution >= 0.6 is 11.3 Å². The molecule has 0 N–H and O–H groups in total. The average Bonchev–Trinajstić information content (AvgIpc) is 3.38. The van der Waals surface area contributed by atoms with Crippen LogP contribution in [0.2, 0.25) is 0 Å². The predicted molar refractivity (Wildman–Crippen MR) is 163 cm³/mol. The molecule has 180 valence electrons. The van der Waals surface area contributed by atoms with Crippen molar-refractivity contribution in [3.05, 3.63) is 146 Å². The van der Waals surface area contributed by atoms with Crippen LogP contribution in [0.5, 0.6) is 0 Å². The average molecular weight is 505 g/mol. The molecule has 0 unspecified atom stereocenters. The number of hydrogen-bond acceptors (Lipinski definition) is 3. The van der Waals surface area contributed by atoms with Crippen LogP contribution in [0.1, 0.15) is 0 Å². The van der Waals surface area contributed by atoms with E-state index in [0.29, 0.717) is 0 Å². The number of thiophene rings is 1. The molecular formula is C35H24N2S. The van der Waals surface area contributed by atoms with Gasteiger partial charge < -0.3 is 4.90 Å². The Morgan fingerprint density at radius 3 is 1.55 bits per heavy atom. The van der Waals surface area contributed by atoms with Gasteiger partial charge in [0, 0.05) is 27.7 Å². The lowest BCUT2D eigenvalue weighted by Crippen LogP contribution is -2.10. The summed E-state index contributed by atoms with van der Waals surface area (Å²) in [6, 6.07) is 49.5. The molecule has 0 fully saturated rings. The first kappa shape index (κ1) is 22.5. The van der Waals surface area contributed by atoms with E-state index in [4.69, 9.17) is 4.98 Å². The van der Waals surface area contributed by atoms with Gasteiger partial charge in [-0.05, 0) is 70.8 Å². The van der Waals surface area contributed by atoms with Crippen LogP contribution < -0.4 is 4.90 Å². The summed E-state index contributed by atoms with van der Waals surface area (Å²) in [5, 5.41) is 1.19. The molecule has 2 heterocycles. The standard InChI is InChI=1S/C35H24N2S/c1-3-9-25(10-4-1)27-16-20-29(21-17-27)37(30-22-18-28(19-23-30)26-11-5-2-6-12-26)31-13-7-14-32-34(31)35-33(38-32)15-8-24-36-35/h1-24H. The summed E-state index contributed by atoms with van der Waals surface area (Å²) in [5.41, 5.74) is 9.24. The number of nitrogens with zero attached hydrogens (tertiary/aromatic N) is 2. The smallest absolute Gasteiger partial charge is 0.0909 e. The number of hydrogen-bond donors (Lipinski definition) is 0. The van der Waals surface area contributed by atoms with Crippen molar-refractivity contribution in [2.75, 3.05) is 4.90 Å². The molecule has 3 heteroatoms. The van der Waals surface area contributed by atoms with Crippen molar-refractivity contribution < 1.29 is 0 Å². The maximum atomic E-state index is 4.79. The summed E-state index contributed by atoms with van der Waals surface area (Å²) in [6.45, 7) is 0. The van der Waals surface area contributed by atoms with Gasteiger partial charge in [-0.2, -0.15) is 0 Å². The van der Waals surface area contributed by atoms with Gasteiger partial charge in [-0.1, -0.05) is 91.0 Å². The lowest BCUT2D eigenvalue weighted by Gasteiger charge is -2.27. The molecule has 7 aromatic rings. The molecule has 5 aromatic carbocycles. The molecule has 0 aliphatic carbocycles. The maximum absolute atomic E-state index is 4.79. The van der Waals surface area contributed by atoms with Crippen molar-refractivity contribution in [1.29, 1.82) is 0 Å². The van der Waals surface area contributed by atoms with Gasteiger partial charge in [-0.15, -0.1) is 11.3 Å². The zero-order valence-corrected chi connectivity index (χ0v) is 21.5. The third-order valence-electron chi connectivity index (χ3n) is 6.94. The van der Waals surface area contributed by atoms with Gasteiger partial charge in [-0.25, -0.2) is 0 Å². The Bertz CT molecular complexity index is 1760. The third-order valence-corrected chi connectivity index (χ3v) is 8.05. The zero-order valence-electron chi connectivity index (χ0n) is 20.7. The molecule has 0 radical (unpaired) electrons. The summed E-state index contributed by atoms with van der Waals surface area (Å²) >= 11 is 1.79. The maximum Gasteiger partial charge on any atom is 0.0909 e. The Morgan fingerprint density at radius 2 is 0.974 bits per heavy atom. The monoisotopic (exact) mass is 504 g/mol. The molecule has 0 aliphatic rings. The molecule has 2 aromatic heterocycles. The van der Waals surface area contributed by atoms with Crippen LogP contribution in [0.15, 0.2) is 146 Å². The molecule has 38 heavy (non-hydrogen) atoms. The highest BCUT2D eigenvalue weighted by Gasteiger charge is 2.19. The van der Waals surface area contributed by atoms with Crippen LogP contribution in [0.3, 0.4) is 0 Å². The first-order valence-corrected chi connectivity index (χ1v) is 13.5. The van der Waals surface area contributed by atoms with Crippen molar-refractivity contribution in [2.24, 2.45) is 0 Å². The van der Waals surface area contributed by atoms with Gasteiger partial charge in [0.05, 0.1) is 15.9 Å². The van der Waals surface area contributed by atoms with E-state index in [-0.39, 0.29) is 0 Å². The minimum atomic E-state index is 1.05. The molecule has 0 spiro atoms. The van der Waals surface area contributed by atoms with E-state index in [0.717, 1.165) is 22.6 Å². The topological polar surface area (TPSA) is 16.1 Å². The quantitative estimate of drug-likeness (QED) is 0.232. The Labute approximate surface area is 226 Å². The number of anilines is 3. The molecular weight excluding hydrogens is 480 g/mol. The highest BCUT2D eigenvalue weighted by Crippen LogP contribution is 2.44. The van der Waals surface area contributed by atoms with Crippen molar-refractivity contribution >= 4 is 48.7 Å². The summed E-state index contributed by atoms with van der Waals surface area (Å²) < 4.78 is 2.44. The highest BCUT2D eigenvalue weighted by molar-refractivity contribution is 7.25. The van der Waals surface area contributed by atoms with Gasteiger partial charge in [0.2, 0.25) is 0 Å². The minimum Gasteiger partial charge on any atom is -0.310 e. The zero-order chi connectivity index (χ0) is 25.3. The molecule has 0 bridgehead atoms. The van der Waals surface area contributed by atoms with Crippen molar-refractivity contribution in [1.82, 2.24) is 4.98 Å². The molecule has 7 rings (SSSR count). The molecule has 0 saturated heterocycles. The second kappa shape index (κ2) is 9.62. The Balaban J connectivity index is 1.40. The molecule has 0 aliphatic heterocycles. The Morgan fingerprint density at radius 1 is 0.447 bits per heavy atom. The normalized spacial score (nSPS) is 11.2. The van der Waals surface area contributed by atoms with Gasteiger partial charge in [0.25, 0.3) is 0 Å². The summed E-state index contributed by atoms with van der Waals surface area (Å²) in [4.78, 5) is 7.14. The van der Waals surface area contributed by atoms with E-state index in [1.54, 1.807) is 11.3 Å². The van der Waals surface area contributed by atoms with Crippen LogP contribution in [-0.2, 0) is 0 Å². The molecule has 0 saturated carbocycles. The van der Waals surface area contributed by atoms with E-state index >= 15 is 0 Å². The second-order valence-corrected chi connectivity index (χ2v) is 10.3. The van der Waals surface area contributed by atoms with Crippen LogP contribution in [-0.4, -0.2) is 4.98 Å². The van der Waals surface area contributed by atoms with E-state index in [1.165, 1.54) is 37.0 Å². The molecule has 0 amide bonds. The van der Waals surface area contributed by atoms with Crippen molar-refractivity contribution in [3.8, 4) is 22.3 Å². The van der Waals surface area contributed by atoms with E-state index < -0.39 is 0 Å². The number of pyridine rings is 1. The molecule has 0 atom stereocenters. The van der Waals surface area contributed by atoms with Crippen LogP contribution in [0.4, 0.5) is 17.1 Å². The number of rotatable bonds is 5. The van der Waals surface area contributed by atoms with Crippen molar-refractivity contribution in [3.63, 3.8) is 0 Å². The predicted octanol–water partition coefficient (Wildman–Crippen LogP) is 10.3. The SMILES string of the molecule is c1ccc(-c2ccc(N(c3ccc(-c4ccccc4)cc3)c3cccc4sc5cccnc5c34)cc2)cc1. The summed E-state index contributed by atoms with van der Waals surface area (Å²) in [6.07, 6.45) is 1.89. The minimum absolute atomic E-state index is 1.05. The number of benzene rings is 5. The first-order valence-electron chi connectivity index (χ1n) is 12.7. The van der Waals surface area contributed by atoms with E-state index in [2.05, 4.69) is 138 Å². The first-order chi connectivity index (χ1) is 18.8. The van der Waals surface area contributed by atoms with Gasteiger partial charge in [-0.3, -0.25) is 4.98 Å². The fourth-order valence-electron chi connectivity index (χ4n) is 5.10. The van der Waals surface area contributed by atoms with E-state index in [1.807, 2.05) is 12.3 Å². The van der Waals surface area contributed by atoms with Gasteiger partial charge in [0.15, 0.2) is 0 Å². The van der Waals surface area contributed by atoms with Crippen molar-refractivity contribution in [2.45, 2.75) is 0 Å². The lowest BCUT2D eigenvalue weighted by atomic mass is 10.0. The number of fused-ring (bicyclic) bond motifs is 3. The fraction of sp³-hybridized carbons (Fsp3) is 0. The fourth-order valence-corrected chi connectivity index (χ4v) is 6.19. The number of aromatic nitrogens is 1. The lowest BCUT2D eigenvalue weighted by molar-refractivity contribution is 1.30. The van der Waals surface area contributed by atoms with Gasteiger partial charge in [0.1, 0.15) is 0 Å². The van der Waals surface area contributed by atoms with E-state index in [9.17, 15) is 0 Å². The summed E-state index contributed by atoms with van der Waals surface area (Å²) in [5.74, 6) is 0. The second-order valence-electron chi connectivity index (χ2n) is 9.26. The molecule has 2 nitrogen and oxygen atoms in total. The largest absolute Gasteiger partial charge is 0.310 e. The highest BCUT2D eigenvalue weighted by atomic mass is 32.1. The summed E-state index contributed by atoms with van der Waals surface area (Å²) in [7, 11) is 0. The van der Waals surface area contributed by atoms with Crippen LogP contribution in [0, 0.1) is 0 Å². The van der Waals surface area contributed by atoms with Crippen LogP contribution in [0.25, 0.3) is 42.6 Å². The Kier molecular flexibility index (Phi) is 5.69. The Hall–Kier alpha value is -4.73. The third kappa shape index (κ3) is 4.03. The van der Waals surface area contributed by atoms with Gasteiger partial charge >= 0.3 is 0 Å².